The maximum atomic E-state index is 4.80. The van der Waals surface area contributed by atoms with Gasteiger partial charge in [0.2, 0.25) is 0 Å². The van der Waals surface area contributed by atoms with Crippen LogP contribution < -0.4 is 0 Å². The van der Waals surface area contributed by atoms with E-state index in [0.29, 0.717) is 0 Å². The van der Waals surface area contributed by atoms with E-state index in [1.807, 2.05) is 24.5 Å². The van der Waals surface area contributed by atoms with Crippen molar-refractivity contribution >= 4 is 10.9 Å². The highest BCUT2D eigenvalue weighted by molar-refractivity contribution is 5.82. The lowest BCUT2D eigenvalue weighted by atomic mass is 10.1. The zero-order valence-corrected chi connectivity index (χ0v) is 14.2. The Labute approximate surface area is 143 Å². The quantitative estimate of drug-likeness (QED) is 0.717. The third-order valence-electron chi connectivity index (χ3n) is 5.11. The molecule has 1 aliphatic rings. The maximum absolute atomic E-state index is 4.80. The smallest absolute Gasteiger partial charge is 0.0710 e. The van der Waals surface area contributed by atoms with Gasteiger partial charge in [0, 0.05) is 35.9 Å². The zero-order valence-electron chi connectivity index (χ0n) is 14.2. The van der Waals surface area contributed by atoms with Gasteiger partial charge in [-0.25, -0.2) is 4.98 Å². The lowest BCUT2D eigenvalue weighted by molar-refractivity contribution is 0.272. The summed E-state index contributed by atoms with van der Waals surface area (Å²) in [5, 5.41) is 1.22. The van der Waals surface area contributed by atoms with Gasteiger partial charge in [0.25, 0.3) is 0 Å². The fraction of sp³-hybridized carbons (Fsp3) is 0.333. The monoisotopic (exact) mass is 317 g/mol. The van der Waals surface area contributed by atoms with Crippen LogP contribution in [0, 0.1) is 0 Å². The molecule has 3 heteroatoms. The number of pyridine rings is 2. The number of hydrogen-bond acceptors (Lipinski definition) is 3. The summed E-state index contributed by atoms with van der Waals surface area (Å²) in [6.07, 6.45) is 7.43. The molecule has 0 N–H and O–H groups in total. The molecule has 2 aromatic heterocycles. The van der Waals surface area contributed by atoms with Crippen LogP contribution in [0.1, 0.15) is 25.3 Å². The Morgan fingerprint density at radius 2 is 1.96 bits per heavy atom. The van der Waals surface area contributed by atoms with E-state index in [-0.39, 0.29) is 0 Å². The van der Waals surface area contributed by atoms with Crippen LogP contribution in [-0.4, -0.2) is 34.0 Å². The van der Waals surface area contributed by atoms with Gasteiger partial charge in [-0.3, -0.25) is 4.98 Å². The van der Waals surface area contributed by atoms with Gasteiger partial charge in [0.15, 0.2) is 0 Å². The Morgan fingerprint density at radius 1 is 1.08 bits per heavy atom. The predicted molar refractivity (Wildman–Crippen MR) is 98.9 cm³/mol. The minimum absolute atomic E-state index is 0.745. The van der Waals surface area contributed by atoms with E-state index in [0.717, 1.165) is 35.8 Å². The zero-order chi connectivity index (χ0) is 16.4. The fourth-order valence-corrected chi connectivity index (χ4v) is 3.61. The number of hydrogen-bond donors (Lipinski definition) is 0. The molecular weight excluding hydrogens is 294 g/mol. The van der Waals surface area contributed by atoms with E-state index in [4.69, 9.17) is 4.98 Å². The highest BCUT2D eigenvalue weighted by Gasteiger charge is 2.19. The van der Waals surface area contributed by atoms with Crippen LogP contribution >= 0.6 is 0 Å². The lowest BCUT2D eigenvalue weighted by Crippen LogP contribution is -2.28. The first-order valence-corrected chi connectivity index (χ1v) is 8.84. The molecule has 0 unspecified atom stereocenters. The normalized spacial score (nSPS) is 18.3. The Balaban J connectivity index is 1.53. The van der Waals surface area contributed by atoms with Crippen molar-refractivity contribution in [2.45, 2.75) is 32.2 Å². The third-order valence-corrected chi connectivity index (χ3v) is 5.11. The van der Waals surface area contributed by atoms with Gasteiger partial charge in [-0.2, -0.15) is 0 Å². The van der Waals surface area contributed by atoms with Crippen molar-refractivity contribution in [2.75, 3.05) is 13.1 Å². The number of likely N-dealkylation sites (tertiary alicyclic amines) is 1. The number of aromatic nitrogens is 2. The molecule has 122 valence electrons. The molecular formula is C21H23N3. The fourth-order valence-electron chi connectivity index (χ4n) is 3.61. The highest BCUT2D eigenvalue weighted by Crippen LogP contribution is 2.22. The van der Waals surface area contributed by atoms with E-state index in [1.165, 1.54) is 30.3 Å². The van der Waals surface area contributed by atoms with Gasteiger partial charge in [-0.15, -0.1) is 0 Å². The molecule has 3 nitrogen and oxygen atoms in total. The largest absolute Gasteiger partial charge is 0.300 e. The summed E-state index contributed by atoms with van der Waals surface area (Å²) in [6, 6.07) is 15.7. The molecule has 1 aliphatic heterocycles. The second-order valence-electron chi connectivity index (χ2n) is 6.74. The molecule has 1 aromatic carbocycles. The molecule has 1 saturated heterocycles. The standard InChI is InChI=1S/C21H23N3/c1-16-3-2-13-24(16)14-10-17-4-6-21-19(15-17)5-7-20(23-21)18-8-11-22-12-9-18/h4-9,11-12,15-16H,2-3,10,13-14H2,1H3/t16-/m0/s1. The maximum Gasteiger partial charge on any atom is 0.0710 e. The Bertz CT molecular complexity index is 829. The average Bonchev–Trinajstić information content (AvgIpc) is 3.05. The van der Waals surface area contributed by atoms with Gasteiger partial charge in [0.05, 0.1) is 11.2 Å². The Hall–Kier alpha value is -2.26. The van der Waals surface area contributed by atoms with E-state index in [2.05, 4.69) is 47.1 Å². The van der Waals surface area contributed by atoms with Gasteiger partial charge in [0.1, 0.15) is 0 Å². The molecule has 0 aliphatic carbocycles. The molecule has 1 atom stereocenters. The lowest BCUT2D eigenvalue weighted by Gasteiger charge is -2.20. The first-order chi connectivity index (χ1) is 11.8. The number of fused-ring (bicyclic) bond motifs is 1. The number of nitrogens with zero attached hydrogens (tertiary/aromatic N) is 3. The summed E-state index contributed by atoms with van der Waals surface area (Å²) in [7, 11) is 0. The Morgan fingerprint density at radius 3 is 2.75 bits per heavy atom. The minimum atomic E-state index is 0.745. The Kier molecular flexibility index (Phi) is 4.26. The molecule has 1 fully saturated rings. The number of rotatable bonds is 4. The molecule has 0 spiro atoms. The van der Waals surface area contributed by atoms with Crippen LogP contribution in [0.25, 0.3) is 22.2 Å². The molecule has 0 saturated carbocycles. The van der Waals surface area contributed by atoms with Crippen molar-refractivity contribution in [3.63, 3.8) is 0 Å². The summed E-state index contributed by atoms with van der Waals surface area (Å²) >= 11 is 0. The van der Waals surface area contributed by atoms with Crippen LogP contribution in [-0.2, 0) is 6.42 Å². The molecule has 3 heterocycles. The van der Waals surface area contributed by atoms with E-state index in [9.17, 15) is 0 Å². The van der Waals surface area contributed by atoms with Crippen molar-refractivity contribution in [1.82, 2.24) is 14.9 Å². The molecule has 0 bridgehead atoms. The molecule has 0 amide bonds. The SMILES string of the molecule is C[C@H]1CCCN1CCc1ccc2nc(-c3ccncc3)ccc2c1. The summed E-state index contributed by atoms with van der Waals surface area (Å²) in [5.41, 5.74) is 4.57. The molecule has 24 heavy (non-hydrogen) atoms. The molecule has 3 aromatic rings. The first-order valence-electron chi connectivity index (χ1n) is 8.84. The predicted octanol–water partition coefficient (Wildman–Crippen LogP) is 4.32. The molecule has 4 rings (SSSR count). The van der Waals surface area contributed by atoms with Crippen LogP contribution in [0.2, 0.25) is 0 Å². The van der Waals surface area contributed by atoms with Gasteiger partial charge in [-0.1, -0.05) is 12.1 Å². The summed E-state index contributed by atoms with van der Waals surface area (Å²) < 4.78 is 0. The van der Waals surface area contributed by atoms with Crippen molar-refractivity contribution in [1.29, 1.82) is 0 Å². The average molecular weight is 317 g/mol. The second-order valence-corrected chi connectivity index (χ2v) is 6.74. The van der Waals surface area contributed by atoms with E-state index in [1.54, 1.807) is 0 Å². The van der Waals surface area contributed by atoms with Crippen molar-refractivity contribution in [3.05, 3.63) is 60.4 Å². The van der Waals surface area contributed by atoms with Crippen molar-refractivity contribution < 1.29 is 0 Å². The number of benzene rings is 1. The van der Waals surface area contributed by atoms with E-state index < -0.39 is 0 Å². The van der Waals surface area contributed by atoms with Crippen LogP contribution in [0.4, 0.5) is 0 Å². The first kappa shape index (κ1) is 15.3. The van der Waals surface area contributed by atoms with Gasteiger partial charge < -0.3 is 4.90 Å². The van der Waals surface area contributed by atoms with Crippen LogP contribution in [0.15, 0.2) is 54.9 Å². The third kappa shape index (κ3) is 3.17. The van der Waals surface area contributed by atoms with Gasteiger partial charge in [-0.05, 0) is 68.6 Å². The second kappa shape index (κ2) is 6.70. The summed E-state index contributed by atoms with van der Waals surface area (Å²) in [4.78, 5) is 11.5. The molecule has 0 radical (unpaired) electrons. The van der Waals surface area contributed by atoms with Crippen LogP contribution in [0.5, 0.6) is 0 Å². The summed E-state index contributed by atoms with van der Waals surface area (Å²) in [5.74, 6) is 0. The topological polar surface area (TPSA) is 29.0 Å². The van der Waals surface area contributed by atoms with E-state index >= 15 is 0 Å². The van der Waals surface area contributed by atoms with Crippen LogP contribution in [0.3, 0.4) is 0 Å². The van der Waals surface area contributed by atoms with Crippen molar-refractivity contribution in [3.8, 4) is 11.3 Å². The highest BCUT2D eigenvalue weighted by atomic mass is 15.2. The minimum Gasteiger partial charge on any atom is -0.300 e. The summed E-state index contributed by atoms with van der Waals surface area (Å²) in [6.45, 7) is 4.76. The van der Waals surface area contributed by atoms with Crippen molar-refractivity contribution in [2.24, 2.45) is 0 Å². The van der Waals surface area contributed by atoms with Gasteiger partial charge >= 0.3 is 0 Å².